The second-order valence-electron chi connectivity index (χ2n) is 3.07. The van der Waals surface area contributed by atoms with Crippen LogP contribution in [0.15, 0.2) is 0 Å². The number of carbonyl (C=O) groups is 1. The summed E-state index contributed by atoms with van der Waals surface area (Å²) in [7, 11) is 5.28. The van der Waals surface area contributed by atoms with Crippen molar-refractivity contribution in [3.8, 4) is 0 Å². The van der Waals surface area contributed by atoms with Crippen molar-refractivity contribution >= 4 is 22.4 Å². The molecule has 1 amide bonds. The SMILES string of the molecule is COCc1nc(N(C)C)sc1C(=O)NN. The minimum Gasteiger partial charge on any atom is -0.378 e. The molecule has 0 spiro atoms. The molecule has 0 saturated heterocycles. The van der Waals surface area contributed by atoms with Gasteiger partial charge in [-0.2, -0.15) is 0 Å². The normalized spacial score (nSPS) is 10.1. The number of anilines is 1. The van der Waals surface area contributed by atoms with Crippen LogP contribution in [0, 0.1) is 0 Å². The van der Waals surface area contributed by atoms with Crippen LogP contribution >= 0.6 is 11.3 Å². The largest absolute Gasteiger partial charge is 0.378 e. The van der Waals surface area contributed by atoms with Gasteiger partial charge in [0, 0.05) is 21.2 Å². The van der Waals surface area contributed by atoms with E-state index in [0.29, 0.717) is 17.2 Å². The van der Waals surface area contributed by atoms with Gasteiger partial charge >= 0.3 is 0 Å². The maximum atomic E-state index is 11.4. The fraction of sp³-hybridized carbons (Fsp3) is 0.500. The zero-order valence-electron chi connectivity index (χ0n) is 8.90. The van der Waals surface area contributed by atoms with Crippen molar-refractivity contribution < 1.29 is 9.53 Å². The van der Waals surface area contributed by atoms with E-state index < -0.39 is 0 Å². The summed E-state index contributed by atoms with van der Waals surface area (Å²) in [4.78, 5) is 18.0. The van der Waals surface area contributed by atoms with E-state index in [9.17, 15) is 4.79 Å². The molecule has 15 heavy (non-hydrogen) atoms. The molecule has 0 radical (unpaired) electrons. The quantitative estimate of drug-likeness (QED) is 0.431. The molecule has 0 aliphatic carbocycles. The van der Waals surface area contributed by atoms with E-state index in [1.54, 1.807) is 7.11 Å². The van der Waals surface area contributed by atoms with E-state index in [1.165, 1.54) is 11.3 Å². The van der Waals surface area contributed by atoms with Gasteiger partial charge in [0.1, 0.15) is 4.88 Å². The van der Waals surface area contributed by atoms with Crippen LogP contribution in [0.2, 0.25) is 0 Å². The first-order chi connectivity index (χ1) is 7.10. The van der Waals surface area contributed by atoms with Gasteiger partial charge in [-0.3, -0.25) is 10.2 Å². The van der Waals surface area contributed by atoms with Crippen LogP contribution in [0.1, 0.15) is 15.4 Å². The summed E-state index contributed by atoms with van der Waals surface area (Å²) in [6.07, 6.45) is 0. The van der Waals surface area contributed by atoms with Crippen molar-refractivity contribution in [1.82, 2.24) is 10.4 Å². The van der Waals surface area contributed by atoms with Crippen LogP contribution < -0.4 is 16.2 Å². The van der Waals surface area contributed by atoms with Crippen LogP contribution in [0.5, 0.6) is 0 Å². The number of methoxy groups -OCH3 is 1. The zero-order chi connectivity index (χ0) is 11.4. The van der Waals surface area contributed by atoms with Gasteiger partial charge in [-0.1, -0.05) is 11.3 Å². The number of nitrogen functional groups attached to an aromatic ring is 1. The van der Waals surface area contributed by atoms with E-state index in [-0.39, 0.29) is 5.91 Å². The lowest BCUT2D eigenvalue weighted by Gasteiger charge is -2.05. The van der Waals surface area contributed by atoms with Crippen LogP contribution in [-0.2, 0) is 11.3 Å². The summed E-state index contributed by atoms with van der Waals surface area (Å²) < 4.78 is 4.96. The standard InChI is InChI=1S/C8H14N4O2S/c1-12(2)8-10-5(4-14-3)6(15-8)7(13)11-9/h4,9H2,1-3H3,(H,11,13). The molecule has 0 bridgehead atoms. The Morgan fingerprint density at radius 1 is 1.67 bits per heavy atom. The van der Waals surface area contributed by atoms with Crippen LogP contribution in [0.25, 0.3) is 0 Å². The smallest absolute Gasteiger partial charge is 0.277 e. The molecule has 7 heteroatoms. The Hall–Kier alpha value is -1.18. The zero-order valence-corrected chi connectivity index (χ0v) is 9.72. The van der Waals surface area contributed by atoms with Gasteiger partial charge < -0.3 is 9.64 Å². The van der Waals surface area contributed by atoms with Gasteiger partial charge in [-0.25, -0.2) is 10.8 Å². The summed E-state index contributed by atoms with van der Waals surface area (Å²) in [5.74, 6) is 4.74. The summed E-state index contributed by atoms with van der Waals surface area (Å²) >= 11 is 1.28. The number of rotatable bonds is 4. The number of hydrogen-bond donors (Lipinski definition) is 2. The molecule has 0 fully saturated rings. The van der Waals surface area contributed by atoms with Crippen molar-refractivity contribution in [1.29, 1.82) is 0 Å². The second kappa shape index (κ2) is 5.06. The molecule has 0 atom stereocenters. The monoisotopic (exact) mass is 230 g/mol. The molecule has 1 aromatic rings. The number of nitrogens with one attached hydrogen (secondary N) is 1. The highest BCUT2D eigenvalue weighted by atomic mass is 32.1. The Morgan fingerprint density at radius 3 is 2.80 bits per heavy atom. The van der Waals surface area contributed by atoms with E-state index in [2.05, 4.69) is 10.4 Å². The Morgan fingerprint density at radius 2 is 2.33 bits per heavy atom. The lowest BCUT2D eigenvalue weighted by molar-refractivity contribution is 0.0952. The third kappa shape index (κ3) is 2.65. The third-order valence-electron chi connectivity index (χ3n) is 1.69. The number of hydrogen-bond acceptors (Lipinski definition) is 6. The first kappa shape index (κ1) is 11.9. The number of nitrogens with two attached hydrogens (primary N) is 1. The predicted octanol–water partition coefficient (Wildman–Crippen LogP) is -0.0410. The molecule has 3 N–H and O–H groups in total. The Labute approximate surface area is 92.0 Å². The number of ether oxygens (including phenoxy) is 1. The molecular formula is C8H14N4O2S. The maximum absolute atomic E-state index is 11.4. The predicted molar refractivity (Wildman–Crippen MR) is 58.8 cm³/mol. The summed E-state index contributed by atoms with van der Waals surface area (Å²) in [5, 5.41) is 0.751. The molecule has 1 rings (SSSR count). The number of amides is 1. The average Bonchev–Trinajstić information content (AvgIpc) is 2.61. The highest BCUT2D eigenvalue weighted by Gasteiger charge is 2.17. The topological polar surface area (TPSA) is 80.5 Å². The third-order valence-corrected chi connectivity index (χ3v) is 2.95. The summed E-state index contributed by atoms with van der Waals surface area (Å²) in [6.45, 7) is 0.299. The van der Waals surface area contributed by atoms with Gasteiger partial charge in [0.25, 0.3) is 5.91 Å². The van der Waals surface area contributed by atoms with Crippen molar-refractivity contribution in [3.05, 3.63) is 10.6 Å². The van der Waals surface area contributed by atoms with Gasteiger partial charge in [-0.15, -0.1) is 0 Å². The molecule has 0 unspecified atom stereocenters. The van der Waals surface area contributed by atoms with Gasteiger partial charge in [0.15, 0.2) is 5.13 Å². The number of carbonyl (C=O) groups excluding carboxylic acids is 1. The summed E-state index contributed by atoms with van der Waals surface area (Å²) in [6, 6.07) is 0. The molecule has 84 valence electrons. The van der Waals surface area contributed by atoms with Gasteiger partial charge in [0.2, 0.25) is 0 Å². The lowest BCUT2D eigenvalue weighted by Crippen LogP contribution is -2.30. The molecule has 1 heterocycles. The van der Waals surface area contributed by atoms with Crippen LogP contribution in [-0.4, -0.2) is 32.1 Å². The number of thiazole rings is 1. The molecule has 1 aromatic heterocycles. The van der Waals surface area contributed by atoms with Crippen LogP contribution in [0.4, 0.5) is 5.13 Å². The van der Waals surface area contributed by atoms with E-state index in [4.69, 9.17) is 10.6 Å². The molecular weight excluding hydrogens is 216 g/mol. The van der Waals surface area contributed by atoms with E-state index >= 15 is 0 Å². The molecule has 0 saturated carbocycles. The highest BCUT2D eigenvalue weighted by molar-refractivity contribution is 7.17. The van der Waals surface area contributed by atoms with Crippen molar-refractivity contribution in [2.45, 2.75) is 6.61 Å². The van der Waals surface area contributed by atoms with Crippen molar-refractivity contribution in [3.63, 3.8) is 0 Å². The molecule has 0 aliphatic heterocycles. The molecule has 0 aliphatic rings. The number of nitrogens with zero attached hydrogens (tertiary/aromatic N) is 2. The lowest BCUT2D eigenvalue weighted by atomic mass is 10.3. The molecule has 0 aromatic carbocycles. The van der Waals surface area contributed by atoms with Crippen molar-refractivity contribution in [2.24, 2.45) is 5.84 Å². The van der Waals surface area contributed by atoms with Gasteiger partial charge in [-0.05, 0) is 0 Å². The first-order valence-corrected chi connectivity index (χ1v) is 5.08. The molecule has 6 nitrogen and oxygen atoms in total. The minimum absolute atomic E-state index is 0.299. The Kier molecular flexibility index (Phi) is 4.01. The van der Waals surface area contributed by atoms with Gasteiger partial charge in [0.05, 0.1) is 12.3 Å². The van der Waals surface area contributed by atoms with Crippen LogP contribution in [0.3, 0.4) is 0 Å². The number of hydrazine groups is 1. The second-order valence-corrected chi connectivity index (χ2v) is 4.05. The maximum Gasteiger partial charge on any atom is 0.277 e. The fourth-order valence-corrected chi connectivity index (χ4v) is 1.90. The van der Waals surface area contributed by atoms with E-state index in [1.807, 2.05) is 19.0 Å². The Balaban J connectivity index is 3.05. The summed E-state index contributed by atoms with van der Waals surface area (Å²) in [5.41, 5.74) is 2.70. The first-order valence-electron chi connectivity index (χ1n) is 4.27. The van der Waals surface area contributed by atoms with Crippen molar-refractivity contribution in [2.75, 3.05) is 26.1 Å². The number of aromatic nitrogens is 1. The van der Waals surface area contributed by atoms with E-state index in [0.717, 1.165) is 5.13 Å². The minimum atomic E-state index is -0.340. The Bertz CT molecular complexity index is 350. The average molecular weight is 230 g/mol. The highest BCUT2D eigenvalue weighted by Crippen LogP contribution is 2.25. The fourth-order valence-electron chi connectivity index (χ4n) is 1.01.